The summed E-state index contributed by atoms with van der Waals surface area (Å²) in [6, 6.07) is 10.3. The molecular formula is C27H29FN6OS. The third-order valence-electron chi connectivity index (χ3n) is 6.59. The number of hydrogen-bond acceptors (Lipinski definition) is 6. The first-order chi connectivity index (χ1) is 17.4. The number of amides is 1. The van der Waals surface area contributed by atoms with Crippen molar-refractivity contribution in [3.05, 3.63) is 71.5 Å². The van der Waals surface area contributed by atoms with Crippen LogP contribution in [0.1, 0.15) is 54.8 Å². The quantitative estimate of drug-likeness (QED) is 0.356. The fourth-order valence-corrected chi connectivity index (χ4v) is 5.34. The smallest absolute Gasteiger partial charge is 0.275 e. The van der Waals surface area contributed by atoms with Gasteiger partial charge in [0.05, 0.1) is 23.9 Å². The number of nitrogens with zero attached hydrogens (tertiary/aromatic N) is 5. The summed E-state index contributed by atoms with van der Waals surface area (Å²) in [5.41, 5.74) is 4.36. The number of carbonyl (C=O) groups is 1. The summed E-state index contributed by atoms with van der Waals surface area (Å²) in [6.07, 6.45) is 5.68. The van der Waals surface area contributed by atoms with Crippen LogP contribution in [0, 0.1) is 5.82 Å². The van der Waals surface area contributed by atoms with Crippen LogP contribution >= 0.6 is 11.3 Å². The molecular weight excluding hydrogens is 475 g/mol. The zero-order valence-electron chi connectivity index (χ0n) is 20.6. The summed E-state index contributed by atoms with van der Waals surface area (Å²) >= 11 is 1.38. The molecule has 0 spiro atoms. The Labute approximate surface area is 214 Å². The van der Waals surface area contributed by atoms with E-state index < -0.39 is 0 Å². The molecule has 1 saturated heterocycles. The highest BCUT2D eigenvalue weighted by atomic mass is 32.1. The first-order valence-corrected chi connectivity index (χ1v) is 13.0. The van der Waals surface area contributed by atoms with Gasteiger partial charge < -0.3 is 14.8 Å². The average molecular weight is 505 g/mol. The van der Waals surface area contributed by atoms with Crippen LogP contribution in [0.3, 0.4) is 0 Å². The van der Waals surface area contributed by atoms with Crippen LogP contribution in [-0.2, 0) is 0 Å². The highest BCUT2D eigenvalue weighted by molar-refractivity contribution is 7.13. The lowest BCUT2D eigenvalue weighted by atomic mass is 9.93. The fourth-order valence-electron chi connectivity index (χ4n) is 4.49. The van der Waals surface area contributed by atoms with Gasteiger partial charge in [0.25, 0.3) is 5.91 Å². The number of pyridine rings is 1. The Morgan fingerprint density at radius 1 is 1.11 bits per heavy atom. The maximum Gasteiger partial charge on any atom is 0.275 e. The van der Waals surface area contributed by atoms with Gasteiger partial charge in [0.1, 0.15) is 22.2 Å². The number of rotatable bonds is 6. The third-order valence-corrected chi connectivity index (χ3v) is 7.44. The van der Waals surface area contributed by atoms with Crippen LogP contribution in [0.2, 0.25) is 0 Å². The van der Waals surface area contributed by atoms with Crippen LogP contribution in [0.5, 0.6) is 0 Å². The Bertz CT molecular complexity index is 1340. The number of nitrogens with one attached hydrogen (secondary N) is 1. The summed E-state index contributed by atoms with van der Waals surface area (Å²) in [4.78, 5) is 29.1. The monoisotopic (exact) mass is 504 g/mol. The van der Waals surface area contributed by atoms with E-state index in [4.69, 9.17) is 0 Å². The van der Waals surface area contributed by atoms with E-state index in [1.165, 1.54) is 23.5 Å². The number of piperidine rings is 1. The van der Waals surface area contributed by atoms with E-state index in [1.807, 2.05) is 16.7 Å². The van der Waals surface area contributed by atoms with Crippen molar-refractivity contribution in [3.63, 3.8) is 0 Å². The van der Waals surface area contributed by atoms with Crippen LogP contribution in [-0.4, -0.2) is 50.5 Å². The van der Waals surface area contributed by atoms with Gasteiger partial charge in [0.2, 0.25) is 0 Å². The summed E-state index contributed by atoms with van der Waals surface area (Å²) in [7, 11) is 2.15. The first-order valence-electron chi connectivity index (χ1n) is 12.1. The third kappa shape index (κ3) is 5.08. The fraction of sp³-hybridized carbons (Fsp3) is 0.333. The number of hydrogen-bond donors (Lipinski definition) is 1. The molecule has 5 rings (SSSR count). The van der Waals surface area contributed by atoms with Gasteiger partial charge in [-0.1, -0.05) is 0 Å². The molecule has 0 radical (unpaired) electrons. The molecule has 7 nitrogen and oxygen atoms in total. The molecule has 1 aliphatic rings. The molecule has 36 heavy (non-hydrogen) atoms. The SMILES string of the molecule is CC(C)n1cnc(-c2ccc(F)cc2)c1-c1nc(C(=O)Nc2ccc(C3CCN(C)CC3)nc2)cs1. The van der Waals surface area contributed by atoms with Gasteiger partial charge in [0, 0.05) is 28.6 Å². The van der Waals surface area contributed by atoms with Crippen LogP contribution in [0.25, 0.3) is 22.0 Å². The molecule has 1 aromatic carbocycles. The predicted octanol–water partition coefficient (Wildman–Crippen LogP) is 5.85. The Balaban J connectivity index is 1.34. The molecule has 1 fully saturated rings. The second kappa shape index (κ2) is 10.3. The van der Waals surface area contributed by atoms with Crippen molar-refractivity contribution in [2.45, 2.75) is 38.6 Å². The van der Waals surface area contributed by atoms with Gasteiger partial charge in [0.15, 0.2) is 0 Å². The van der Waals surface area contributed by atoms with Crippen LogP contribution in [0.4, 0.5) is 10.1 Å². The molecule has 9 heteroatoms. The number of imidazole rings is 1. The maximum absolute atomic E-state index is 13.5. The molecule has 1 aliphatic heterocycles. The second-order valence-corrected chi connectivity index (χ2v) is 10.3. The van der Waals surface area contributed by atoms with Crippen molar-refractivity contribution in [1.29, 1.82) is 0 Å². The molecule has 0 bridgehead atoms. The minimum absolute atomic E-state index is 0.136. The van der Waals surface area contributed by atoms with E-state index in [1.54, 1.807) is 30.0 Å². The molecule has 1 amide bonds. The first kappa shape index (κ1) is 24.3. The van der Waals surface area contributed by atoms with Gasteiger partial charge in [-0.25, -0.2) is 14.4 Å². The Hall–Kier alpha value is -3.43. The minimum atomic E-state index is -0.300. The van der Waals surface area contributed by atoms with E-state index in [2.05, 4.69) is 46.1 Å². The molecule has 1 N–H and O–H groups in total. The van der Waals surface area contributed by atoms with Crippen molar-refractivity contribution in [1.82, 2.24) is 24.4 Å². The highest BCUT2D eigenvalue weighted by Crippen LogP contribution is 2.35. The second-order valence-electron chi connectivity index (χ2n) is 9.49. The predicted molar refractivity (Wildman–Crippen MR) is 141 cm³/mol. The largest absolute Gasteiger partial charge is 0.326 e. The van der Waals surface area contributed by atoms with Crippen molar-refractivity contribution in [2.75, 3.05) is 25.5 Å². The highest BCUT2D eigenvalue weighted by Gasteiger charge is 2.22. The number of aromatic nitrogens is 4. The lowest BCUT2D eigenvalue weighted by molar-refractivity contribution is 0.102. The van der Waals surface area contributed by atoms with Crippen molar-refractivity contribution >= 4 is 22.9 Å². The normalized spacial score (nSPS) is 14.9. The molecule has 0 unspecified atom stereocenters. The minimum Gasteiger partial charge on any atom is -0.326 e. The zero-order chi connectivity index (χ0) is 25.2. The number of likely N-dealkylation sites (tertiary alicyclic amines) is 1. The average Bonchev–Trinajstić information content (AvgIpc) is 3.53. The van der Waals surface area contributed by atoms with E-state index in [0.717, 1.165) is 42.9 Å². The van der Waals surface area contributed by atoms with Crippen LogP contribution < -0.4 is 5.32 Å². The van der Waals surface area contributed by atoms with Gasteiger partial charge in [-0.05, 0) is 83.2 Å². The number of benzene rings is 1. The lowest BCUT2D eigenvalue weighted by Crippen LogP contribution is -2.29. The van der Waals surface area contributed by atoms with E-state index in [0.29, 0.717) is 28.0 Å². The summed E-state index contributed by atoms with van der Waals surface area (Å²) < 4.78 is 15.5. The molecule has 0 aliphatic carbocycles. The van der Waals surface area contributed by atoms with Crippen molar-refractivity contribution in [2.24, 2.45) is 0 Å². The Morgan fingerprint density at radius 3 is 2.53 bits per heavy atom. The van der Waals surface area contributed by atoms with Gasteiger partial charge in [-0.15, -0.1) is 11.3 Å². The summed E-state index contributed by atoms with van der Waals surface area (Å²) in [5, 5.41) is 5.34. The van der Waals surface area contributed by atoms with E-state index in [-0.39, 0.29) is 17.8 Å². The lowest BCUT2D eigenvalue weighted by Gasteiger charge is -2.28. The molecule has 4 aromatic rings. The van der Waals surface area contributed by atoms with Gasteiger partial charge >= 0.3 is 0 Å². The molecule has 0 saturated carbocycles. The Kier molecular flexibility index (Phi) is 6.93. The number of carbonyl (C=O) groups excluding carboxylic acids is 1. The van der Waals surface area contributed by atoms with Crippen molar-refractivity contribution in [3.8, 4) is 22.0 Å². The number of thiazole rings is 1. The maximum atomic E-state index is 13.5. The topological polar surface area (TPSA) is 75.9 Å². The molecule has 3 aromatic heterocycles. The molecule has 186 valence electrons. The molecule has 4 heterocycles. The number of halogens is 1. The summed E-state index contributed by atoms with van der Waals surface area (Å²) in [5.74, 6) is -0.121. The molecule has 0 atom stereocenters. The summed E-state index contributed by atoms with van der Waals surface area (Å²) in [6.45, 7) is 6.28. The number of anilines is 1. The van der Waals surface area contributed by atoms with Crippen LogP contribution in [0.15, 0.2) is 54.3 Å². The zero-order valence-corrected chi connectivity index (χ0v) is 21.4. The van der Waals surface area contributed by atoms with E-state index in [9.17, 15) is 9.18 Å². The van der Waals surface area contributed by atoms with E-state index >= 15 is 0 Å². The standard InChI is InChI=1S/C27H29FN6OS/c1-17(2)34-16-30-24(19-4-6-20(28)7-5-19)25(34)27-32-23(15-36-27)26(35)31-21-8-9-22(29-14-21)18-10-12-33(3)13-11-18/h4-9,14-18H,10-13H2,1-3H3,(H,31,35). The van der Waals surface area contributed by atoms with Gasteiger partial charge in [-0.3, -0.25) is 9.78 Å². The van der Waals surface area contributed by atoms with Gasteiger partial charge in [-0.2, -0.15) is 0 Å². The van der Waals surface area contributed by atoms with Crippen molar-refractivity contribution < 1.29 is 9.18 Å². The Morgan fingerprint density at radius 2 is 1.86 bits per heavy atom.